The highest BCUT2D eigenvalue weighted by atomic mass is 35.5. The van der Waals surface area contributed by atoms with E-state index in [9.17, 15) is 4.79 Å². The van der Waals surface area contributed by atoms with Gasteiger partial charge in [-0.25, -0.2) is 0 Å². The molecule has 1 aliphatic heterocycles. The standard InChI is InChI=1S/C13H14ClNO/c14-10-4-1-3-9(7-10)11-8-15-12(16)13(11)5-2-6-13/h1,3-4,7,11H,2,5-6,8H2,(H,15,16)/t11-/m1/s1. The Labute approximate surface area is 100.0 Å². The van der Waals surface area contributed by atoms with Gasteiger partial charge in [-0.15, -0.1) is 0 Å². The second-order valence-electron chi connectivity index (χ2n) is 4.83. The molecule has 1 saturated heterocycles. The third-order valence-electron chi connectivity index (χ3n) is 4.08. The van der Waals surface area contributed by atoms with Crippen LogP contribution in [0.15, 0.2) is 24.3 Å². The topological polar surface area (TPSA) is 29.1 Å². The lowest BCUT2D eigenvalue weighted by atomic mass is 9.61. The quantitative estimate of drug-likeness (QED) is 0.797. The van der Waals surface area contributed by atoms with Crippen molar-refractivity contribution in [3.8, 4) is 0 Å². The minimum Gasteiger partial charge on any atom is -0.355 e. The molecule has 2 nitrogen and oxygen atoms in total. The van der Waals surface area contributed by atoms with Gasteiger partial charge in [0.05, 0.1) is 5.41 Å². The Morgan fingerprint density at radius 1 is 1.38 bits per heavy atom. The van der Waals surface area contributed by atoms with Gasteiger partial charge in [0.1, 0.15) is 0 Å². The van der Waals surface area contributed by atoms with Crippen LogP contribution in [0.25, 0.3) is 0 Å². The first-order valence-corrected chi connectivity index (χ1v) is 6.14. The molecule has 1 aromatic rings. The normalized spacial score (nSPS) is 26.6. The van der Waals surface area contributed by atoms with Crippen molar-refractivity contribution in [1.82, 2.24) is 5.32 Å². The Morgan fingerprint density at radius 2 is 2.19 bits per heavy atom. The van der Waals surface area contributed by atoms with E-state index >= 15 is 0 Å². The lowest BCUT2D eigenvalue weighted by molar-refractivity contribution is -0.132. The first-order valence-electron chi connectivity index (χ1n) is 5.76. The highest BCUT2D eigenvalue weighted by Gasteiger charge is 2.54. The molecular formula is C13H14ClNO. The summed E-state index contributed by atoms with van der Waals surface area (Å²) in [7, 11) is 0. The molecule has 1 amide bonds. The van der Waals surface area contributed by atoms with E-state index in [1.807, 2.05) is 18.2 Å². The van der Waals surface area contributed by atoms with E-state index in [-0.39, 0.29) is 11.3 Å². The molecule has 1 aromatic carbocycles. The van der Waals surface area contributed by atoms with Crippen LogP contribution in [0.2, 0.25) is 5.02 Å². The van der Waals surface area contributed by atoms with Gasteiger partial charge in [-0.2, -0.15) is 0 Å². The van der Waals surface area contributed by atoms with Gasteiger partial charge in [0.25, 0.3) is 0 Å². The maximum Gasteiger partial charge on any atom is 0.226 e. The smallest absolute Gasteiger partial charge is 0.226 e. The van der Waals surface area contributed by atoms with Crippen molar-refractivity contribution in [2.75, 3.05) is 6.54 Å². The van der Waals surface area contributed by atoms with Crippen LogP contribution in [0.4, 0.5) is 0 Å². The van der Waals surface area contributed by atoms with Crippen molar-refractivity contribution in [2.24, 2.45) is 5.41 Å². The first kappa shape index (κ1) is 10.2. The van der Waals surface area contributed by atoms with Crippen LogP contribution >= 0.6 is 11.6 Å². The first-order chi connectivity index (χ1) is 7.72. The van der Waals surface area contributed by atoms with E-state index in [1.165, 1.54) is 12.0 Å². The number of carbonyl (C=O) groups excluding carboxylic acids is 1. The number of benzene rings is 1. The van der Waals surface area contributed by atoms with Crippen molar-refractivity contribution >= 4 is 17.5 Å². The molecule has 1 aliphatic carbocycles. The zero-order valence-electron chi connectivity index (χ0n) is 9.00. The number of hydrogen-bond acceptors (Lipinski definition) is 1. The van der Waals surface area contributed by atoms with Gasteiger partial charge < -0.3 is 5.32 Å². The number of halogens is 1. The number of rotatable bonds is 1. The maximum atomic E-state index is 11.9. The summed E-state index contributed by atoms with van der Waals surface area (Å²) < 4.78 is 0. The highest BCUT2D eigenvalue weighted by Crippen LogP contribution is 2.54. The minimum absolute atomic E-state index is 0.120. The fourth-order valence-corrected chi connectivity index (χ4v) is 3.22. The van der Waals surface area contributed by atoms with Gasteiger partial charge >= 0.3 is 0 Å². The monoisotopic (exact) mass is 235 g/mol. The average Bonchev–Trinajstić information content (AvgIpc) is 2.55. The highest BCUT2D eigenvalue weighted by molar-refractivity contribution is 6.30. The van der Waals surface area contributed by atoms with E-state index in [2.05, 4.69) is 11.4 Å². The van der Waals surface area contributed by atoms with Crippen molar-refractivity contribution in [3.05, 3.63) is 34.9 Å². The Hall–Kier alpha value is -1.02. The SMILES string of the molecule is O=C1NC[C@H](c2cccc(Cl)c2)C12CCC2. The predicted octanol–water partition coefficient (Wildman–Crippen LogP) is 2.72. The molecule has 16 heavy (non-hydrogen) atoms. The van der Waals surface area contributed by atoms with Crippen LogP contribution in [0.1, 0.15) is 30.7 Å². The zero-order valence-corrected chi connectivity index (χ0v) is 9.76. The largest absolute Gasteiger partial charge is 0.355 e. The molecule has 0 unspecified atom stereocenters. The molecule has 3 rings (SSSR count). The molecule has 0 aromatic heterocycles. The Morgan fingerprint density at radius 3 is 2.81 bits per heavy atom. The molecule has 1 N–H and O–H groups in total. The molecule has 1 atom stereocenters. The van der Waals surface area contributed by atoms with E-state index < -0.39 is 0 Å². The van der Waals surface area contributed by atoms with Crippen molar-refractivity contribution in [2.45, 2.75) is 25.2 Å². The summed E-state index contributed by atoms with van der Waals surface area (Å²) in [4.78, 5) is 11.9. The summed E-state index contributed by atoms with van der Waals surface area (Å²) in [6.07, 6.45) is 3.22. The number of nitrogens with one attached hydrogen (secondary N) is 1. The van der Waals surface area contributed by atoms with Gasteiger partial charge in [0.15, 0.2) is 0 Å². The molecule has 1 saturated carbocycles. The summed E-state index contributed by atoms with van der Waals surface area (Å²) in [5.74, 6) is 0.552. The van der Waals surface area contributed by atoms with Gasteiger partial charge in [-0.3, -0.25) is 4.79 Å². The van der Waals surface area contributed by atoms with Gasteiger partial charge in [-0.05, 0) is 30.5 Å². The van der Waals surface area contributed by atoms with E-state index in [0.29, 0.717) is 5.92 Å². The van der Waals surface area contributed by atoms with Crippen LogP contribution in [-0.4, -0.2) is 12.5 Å². The van der Waals surface area contributed by atoms with Gasteiger partial charge in [-0.1, -0.05) is 30.2 Å². The zero-order chi connectivity index (χ0) is 11.2. The minimum atomic E-state index is -0.120. The van der Waals surface area contributed by atoms with E-state index in [0.717, 1.165) is 24.4 Å². The van der Waals surface area contributed by atoms with Crippen LogP contribution in [0.3, 0.4) is 0 Å². The third-order valence-corrected chi connectivity index (χ3v) is 4.32. The Bertz CT molecular complexity index is 439. The molecule has 1 spiro atoms. The summed E-state index contributed by atoms with van der Waals surface area (Å²) in [6.45, 7) is 0.763. The fraction of sp³-hybridized carbons (Fsp3) is 0.462. The third kappa shape index (κ3) is 1.29. The summed E-state index contributed by atoms with van der Waals surface area (Å²) in [5.41, 5.74) is 1.08. The van der Waals surface area contributed by atoms with Gasteiger partial charge in [0.2, 0.25) is 5.91 Å². The molecule has 0 bridgehead atoms. The summed E-state index contributed by atoms with van der Waals surface area (Å²) >= 11 is 6.01. The Balaban J connectivity index is 1.98. The van der Waals surface area contributed by atoms with Crippen LogP contribution < -0.4 is 5.32 Å². The van der Waals surface area contributed by atoms with E-state index in [1.54, 1.807) is 0 Å². The molecule has 2 aliphatic rings. The lowest BCUT2D eigenvalue weighted by Crippen LogP contribution is -2.40. The average molecular weight is 236 g/mol. The number of carbonyl (C=O) groups is 1. The molecular weight excluding hydrogens is 222 g/mol. The second-order valence-corrected chi connectivity index (χ2v) is 5.26. The Kier molecular flexibility index (Phi) is 2.21. The second kappa shape index (κ2) is 3.49. The van der Waals surface area contributed by atoms with Crippen LogP contribution in [-0.2, 0) is 4.79 Å². The molecule has 3 heteroatoms. The van der Waals surface area contributed by atoms with Crippen molar-refractivity contribution < 1.29 is 4.79 Å². The molecule has 2 fully saturated rings. The van der Waals surface area contributed by atoms with Crippen LogP contribution in [0.5, 0.6) is 0 Å². The molecule has 84 valence electrons. The summed E-state index contributed by atoms with van der Waals surface area (Å²) in [5, 5.41) is 3.75. The van der Waals surface area contributed by atoms with Crippen LogP contribution in [0, 0.1) is 5.41 Å². The summed E-state index contributed by atoms with van der Waals surface area (Å²) in [6, 6.07) is 7.92. The lowest BCUT2D eigenvalue weighted by Gasteiger charge is -2.40. The number of hydrogen-bond donors (Lipinski definition) is 1. The molecule has 1 heterocycles. The fourth-order valence-electron chi connectivity index (χ4n) is 3.02. The predicted molar refractivity (Wildman–Crippen MR) is 63.5 cm³/mol. The van der Waals surface area contributed by atoms with Crippen molar-refractivity contribution in [3.63, 3.8) is 0 Å². The maximum absolute atomic E-state index is 11.9. The van der Waals surface area contributed by atoms with Gasteiger partial charge in [0, 0.05) is 17.5 Å². The molecule has 0 radical (unpaired) electrons. The van der Waals surface area contributed by atoms with Crippen molar-refractivity contribution in [1.29, 1.82) is 0 Å². The number of amides is 1. The van der Waals surface area contributed by atoms with E-state index in [4.69, 9.17) is 11.6 Å².